The number of hydrogen-bond acceptors (Lipinski definition) is 3. The van der Waals surface area contributed by atoms with E-state index in [4.69, 9.17) is 10.5 Å². The van der Waals surface area contributed by atoms with Gasteiger partial charge in [-0.05, 0) is 51.8 Å². The van der Waals surface area contributed by atoms with E-state index in [2.05, 4.69) is 31.3 Å². The van der Waals surface area contributed by atoms with E-state index in [-0.39, 0.29) is 5.91 Å². The van der Waals surface area contributed by atoms with Crippen molar-refractivity contribution in [2.75, 3.05) is 13.2 Å². The fourth-order valence-electron chi connectivity index (χ4n) is 2.45. The Morgan fingerprint density at radius 1 is 1.29 bits per heavy atom. The molecule has 0 aliphatic carbocycles. The quantitative estimate of drug-likeness (QED) is 0.774. The Bertz CT molecular complexity index is 477. The second-order valence-electron chi connectivity index (χ2n) is 5.95. The number of carbonyl (C=O) groups is 1. The minimum absolute atomic E-state index is 0.336. The summed E-state index contributed by atoms with van der Waals surface area (Å²) < 4.78 is 5.90. The number of amides is 1. The first kappa shape index (κ1) is 17.5. The maximum atomic E-state index is 11.7. The first-order valence-corrected chi connectivity index (χ1v) is 7.55. The Balaban J connectivity index is 2.69. The molecule has 1 aromatic carbocycles. The standard InChI is InChI=1S/C17H28N2O2/c1-6-8-19-17(5,16(18)20)7-9-21-15-13(3)10-12(2)11-14(15)4/h10-11,19H,6-9H2,1-5H3,(H2,18,20). The van der Waals surface area contributed by atoms with Crippen molar-refractivity contribution in [1.29, 1.82) is 0 Å². The van der Waals surface area contributed by atoms with Crippen LogP contribution >= 0.6 is 0 Å². The predicted molar refractivity (Wildman–Crippen MR) is 86.7 cm³/mol. The lowest BCUT2D eigenvalue weighted by Crippen LogP contribution is -2.54. The van der Waals surface area contributed by atoms with Crippen LogP contribution in [0.5, 0.6) is 5.75 Å². The van der Waals surface area contributed by atoms with Gasteiger partial charge < -0.3 is 15.8 Å². The second-order valence-corrected chi connectivity index (χ2v) is 5.95. The topological polar surface area (TPSA) is 64.3 Å². The number of primary amides is 1. The highest BCUT2D eigenvalue weighted by atomic mass is 16.5. The summed E-state index contributed by atoms with van der Waals surface area (Å²) in [4.78, 5) is 11.7. The van der Waals surface area contributed by atoms with Crippen LogP contribution in [-0.4, -0.2) is 24.6 Å². The second kappa shape index (κ2) is 7.46. The summed E-state index contributed by atoms with van der Waals surface area (Å²) in [6.45, 7) is 11.3. The lowest BCUT2D eigenvalue weighted by atomic mass is 9.97. The summed E-state index contributed by atoms with van der Waals surface area (Å²) in [6, 6.07) is 4.20. The molecule has 0 aliphatic heterocycles. The molecule has 4 nitrogen and oxygen atoms in total. The monoisotopic (exact) mass is 292 g/mol. The van der Waals surface area contributed by atoms with Gasteiger partial charge >= 0.3 is 0 Å². The molecular formula is C17H28N2O2. The van der Waals surface area contributed by atoms with Crippen molar-refractivity contribution in [3.8, 4) is 5.75 Å². The van der Waals surface area contributed by atoms with Crippen LogP contribution < -0.4 is 15.8 Å². The molecule has 1 atom stereocenters. The Morgan fingerprint density at radius 3 is 2.33 bits per heavy atom. The van der Waals surface area contributed by atoms with Crippen LogP contribution in [0, 0.1) is 20.8 Å². The molecule has 0 radical (unpaired) electrons. The minimum Gasteiger partial charge on any atom is -0.493 e. The number of ether oxygens (including phenoxy) is 1. The first-order chi connectivity index (χ1) is 9.80. The predicted octanol–water partition coefficient (Wildman–Crippen LogP) is 2.62. The van der Waals surface area contributed by atoms with Crippen LogP contribution in [0.2, 0.25) is 0 Å². The van der Waals surface area contributed by atoms with Gasteiger partial charge in [0.1, 0.15) is 5.75 Å². The van der Waals surface area contributed by atoms with E-state index in [0.717, 1.165) is 29.8 Å². The Labute approximate surface area is 128 Å². The summed E-state index contributed by atoms with van der Waals surface area (Å²) in [5, 5.41) is 3.22. The molecule has 0 saturated heterocycles. The van der Waals surface area contributed by atoms with Crippen molar-refractivity contribution in [2.45, 2.75) is 53.0 Å². The van der Waals surface area contributed by atoms with Crippen LogP contribution in [0.3, 0.4) is 0 Å². The first-order valence-electron chi connectivity index (χ1n) is 7.55. The molecule has 3 N–H and O–H groups in total. The van der Waals surface area contributed by atoms with Gasteiger partial charge in [0.25, 0.3) is 0 Å². The van der Waals surface area contributed by atoms with Gasteiger partial charge in [-0.3, -0.25) is 4.79 Å². The molecule has 0 heterocycles. The van der Waals surface area contributed by atoms with Gasteiger partial charge in [-0.1, -0.05) is 24.6 Å². The molecule has 118 valence electrons. The molecule has 21 heavy (non-hydrogen) atoms. The van der Waals surface area contributed by atoms with Gasteiger partial charge in [0.15, 0.2) is 0 Å². The summed E-state index contributed by atoms with van der Waals surface area (Å²) in [5.41, 5.74) is 8.26. The zero-order valence-corrected chi connectivity index (χ0v) is 13.9. The molecule has 1 amide bonds. The molecule has 1 unspecified atom stereocenters. The number of rotatable bonds is 8. The van der Waals surface area contributed by atoms with Gasteiger partial charge in [0.2, 0.25) is 5.91 Å². The molecule has 0 saturated carbocycles. The van der Waals surface area contributed by atoms with Crippen LogP contribution in [0.25, 0.3) is 0 Å². The molecule has 1 aromatic rings. The largest absolute Gasteiger partial charge is 0.493 e. The van der Waals surface area contributed by atoms with E-state index in [0.29, 0.717) is 13.0 Å². The summed E-state index contributed by atoms with van der Waals surface area (Å²) >= 11 is 0. The number of hydrogen-bond donors (Lipinski definition) is 2. The molecule has 0 bridgehead atoms. The number of benzene rings is 1. The highest BCUT2D eigenvalue weighted by molar-refractivity contribution is 5.84. The van der Waals surface area contributed by atoms with E-state index < -0.39 is 5.54 Å². The van der Waals surface area contributed by atoms with Crippen molar-refractivity contribution in [2.24, 2.45) is 5.73 Å². The van der Waals surface area contributed by atoms with Crippen molar-refractivity contribution in [1.82, 2.24) is 5.32 Å². The average molecular weight is 292 g/mol. The third-order valence-corrected chi connectivity index (χ3v) is 3.76. The van der Waals surface area contributed by atoms with Crippen molar-refractivity contribution < 1.29 is 9.53 Å². The average Bonchev–Trinajstić information content (AvgIpc) is 2.39. The number of nitrogens with two attached hydrogens (primary N) is 1. The Hall–Kier alpha value is -1.55. The van der Waals surface area contributed by atoms with E-state index in [1.54, 1.807) is 0 Å². The van der Waals surface area contributed by atoms with Gasteiger partial charge in [-0.15, -0.1) is 0 Å². The molecule has 0 aromatic heterocycles. The molecule has 1 rings (SSSR count). The zero-order chi connectivity index (χ0) is 16.0. The number of nitrogens with one attached hydrogen (secondary N) is 1. The van der Waals surface area contributed by atoms with Crippen LogP contribution in [0.4, 0.5) is 0 Å². The van der Waals surface area contributed by atoms with Crippen molar-refractivity contribution in [3.63, 3.8) is 0 Å². The van der Waals surface area contributed by atoms with Crippen LogP contribution in [-0.2, 0) is 4.79 Å². The van der Waals surface area contributed by atoms with E-state index >= 15 is 0 Å². The van der Waals surface area contributed by atoms with Crippen molar-refractivity contribution >= 4 is 5.91 Å². The summed E-state index contributed by atoms with van der Waals surface area (Å²) in [7, 11) is 0. The fraction of sp³-hybridized carbons (Fsp3) is 0.588. The van der Waals surface area contributed by atoms with Crippen molar-refractivity contribution in [3.05, 3.63) is 28.8 Å². The smallest absolute Gasteiger partial charge is 0.237 e. The molecule has 0 fully saturated rings. The number of aryl methyl sites for hydroxylation is 3. The lowest BCUT2D eigenvalue weighted by Gasteiger charge is -2.27. The zero-order valence-electron chi connectivity index (χ0n) is 13.9. The van der Waals surface area contributed by atoms with Gasteiger partial charge in [0, 0.05) is 6.42 Å². The fourth-order valence-corrected chi connectivity index (χ4v) is 2.45. The van der Waals surface area contributed by atoms with E-state index in [1.807, 2.05) is 20.8 Å². The normalized spacial score (nSPS) is 13.8. The molecular weight excluding hydrogens is 264 g/mol. The molecule has 0 spiro atoms. The number of carbonyl (C=O) groups excluding carboxylic acids is 1. The van der Waals surface area contributed by atoms with Crippen LogP contribution in [0.1, 0.15) is 43.4 Å². The third-order valence-electron chi connectivity index (χ3n) is 3.76. The Morgan fingerprint density at radius 2 is 1.86 bits per heavy atom. The van der Waals surface area contributed by atoms with E-state index in [9.17, 15) is 4.79 Å². The summed E-state index contributed by atoms with van der Waals surface area (Å²) in [5.74, 6) is 0.569. The molecule has 0 aliphatic rings. The highest BCUT2D eigenvalue weighted by Crippen LogP contribution is 2.25. The Kier molecular flexibility index (Phi) is 6.21. The minimum atomic E-state index is -0.720. The molecule has 4 heteroatoms. The van der Waals surface area contributed by atoms with Crippen LogP contribution in [0.15, 0.2) is 12.1 Å². The summed E-state index contributed by atoms with van der Waals surface area (Å²) in [6.07, 6.45) is 1.51. The highest BCUT2D eigenvalue weighted by Gasteiger charge is 2.30. The maximum Gasteiger partial charge on any atom is 0.237 e. The van der Waals surface area contributed by atoms with Gasteiger partial charge in [-0.25, -0.2) is 0 Å². The van der Waals surface area contributed by atoms with Gasteiger partial charge in [-0.2, -0.15) is 0 Å². The SMILES string of the molecule is CCCNC(C)(CCOc1c(C)cc(C)cc1C)C(N)=O. The maximum absolute atomic E-state index is 11.7. The third kappa shape index (κ3) is 4.74. The lowest BCUT2D eigenvalue weighted by molar-refractivity contribution is -0.124. The van der Waals surface area contributed by atoms with Gasteiger partial charge in [0.05, 0.1) is 12.1 Å². The van der Waals surface area contributed by atoms with E-state index in [1.165, 1.54) is 5.56 Å².